The van der Waals surface area contributed by atoms with Crippen LogP contribution in [-0.2, 0) is 4.74 Å². The van der Waals surface area contributed by atoms with Gasteiger partial charge in [0.2, 0.25) is 0 Å². The lowest BCUT2D eigenvalue weighted by atomic mass is 10.0. The molecule has 2 rings (SSSR count). The summed E-state index contributed by atoms with van der Waals surface area (Å²) in [5.74, 6) is -1.30. The molecule has 0 radical (unpaired) electrons. The molecule has 0 aliphatic heterocycles. The molecule has 0 heterocycles. The number of carbonyl (C=O) groups excluding carboxylic acids is 1. The van der Waals surface area contributed by atoms with Crippen molar-refractivity contribution < 1.29 is 13.9 Å². The maximum Gasteiger partial charge on any atom is 0.340 e. The molecule has 19 heavy (non-hydrogen) atoms. The smallest absolute Gasteiger partial charge is 0.340 e. The van der Waals surface area contributed by atoms with Gasteiger partial charge in [-0.3, -0.25) is 0 Å². The number of hydrogen-bond donors (Lipinski definition) is 1. The second-order valence-corrected chi connectivity index (χ2v) is 3.81. The van der Waals surface area contributed by atoms with Crippen LogP contribution in [0.4, 0.5) is 10.1 Å². The fourth-order valence-electron chi connectivity index (χ4n) is 1.69. The highest BCUT2D eigenvalue weighted by Crippen LogP contribution is 2.24. The van der Waals surface area contributed by atoms with Gasteiger partial charge in [-0.1, -0.05) is 18.2 Å². The van der Waals surface area contributed by atoms with Crippen LogP contribution < -0.4 is 5.73 Å². The van der Waals surface area contributed by atoms with Gasteiger partial charge in [0, 0.05) is 5.69 Å². The Morgan fingerprint density at radius 1 is 1.16 bits per heavy atom. The number of methoxy groups -OCH3 is 1. The predicted molar refractivity (Wildman–Crippen MR) is 74.8 cm³/mol. The van der Waals surface area contributed by atoms with E-state index in [4.69, 9.17) is 5.73 Å². The molecule has 3 nitrogen and oxygen atoms in total. The number of nitrogen functional groups attached to an aromatic ring is 1. The number of nitrogens with two attached hydrogens (primary N) is 1. The van der Waals surface area contributed by atoms with Crippen molar-refractivity contribution >= 4 is 24.1 Å². The van der Waals surface area contributed by atoms with Crippen LogP contribution in [0.15, 0.2) is 42.5 Å². The van der Waals surface area contributed by atoms with Crippen molar-refractivity contribution in [1.82, 2.24) is 0 Å². The van der Waals surface area contributed by atoms with E-state index in [1.54, 1.807) is 24.3 Å². The summed E-state index contributed by atoms with van der Waals surface area (Å²) in [5.41, 5.74) is 7.74. The molecule has 0 aromatic heterocycles. The quantitative estimate of drug-likeness (QED) is 0.679. The number of carbonyl (C=O) groups is 1. The number of hydrogen-bond acceptors (Lipinski definition) is 3. The first-order valence-electron chi connectivity index (χ1n) is 5.35. The SMILES string of the molecule is COC(=O)c1cc(-c2cccc(N)c2)ccc1F.Cl. The summed E-state index contributed by atoms with van der Waals surface area (Å²) in [6.07, 6.45) is 0. The Hall–Kier alpha value is -2.07. The predicted octanol–water partition coefficient (Wildman–Crippen LogP) is 3.28. The van der Waals surface area contributed by atoms with Gasteiger partial charge in [-0.15, -0.1) is 12.4 Å². The van der Waals surface area contributed by atoms with Crippen LogP contribution in [0.2, 0.25) is 0 Å². The van der Waals surface area contributed by atoms with Gasteiger partial charge in [-0.05, 0) is 35.4 Å². The summed E-state index contributed by atoms with van der Waals surface area (Å²) >= 11 is 0. The Morgan fingerprint density at radius 2 is 1.84 bits per heavy atom. The van der Waals surface area contributed by atoms with Crippen LogP contribution >= 0.6 is 12.4 Å². The third-order valence-electron chi connectivity index (χ3n) is 2.59. The molecule has 100 valence electrons. The largest absolute Gasteiger partial charge is 0.465 e. The lowest BCUT2D eigenvalue weighted by Crippen LogP contribution is -2.04. The highest BCUT2D eigenvalue weighted by Gasteiger charge is 2.13. The van der Waals surface area contributed by atoms with Gasteiger partial charge in [0.05, 0.1) is 12.7 Å². The molecular weight excluding hydrogens is 269 g/mol. The lowest BCUT2D eigenvalue weighted by Gasteiger charge is -2.06. The minimum atomic E-state index is -0.696. The molecule has 0 atom stereocenters. The van der Waals surface area contributed by atoms with E-state index in [1.807, 2.05) is 6.07 Å². The number of rotatable bonds is 2. The van der Waals surface area contributed by atoms with E-state index in [9.17, 15) is 9.18 Å². The standard InChI is InChI=1S/C14H12FNO2.ClH/c1-18-14(17)12-8-10(5-6-13(12)15)9-3-2-4-11(16)7-9;/h2-8H,16H2,1H3;1H. The molecule has 2 aromatic carbocycles. The molecule has 0 aliphatic carbocycles. The normalized spacial score (nSPS) is 9.58. The minimum absolute atomic E-state index is 0. The fraction of sp³-hybridized carbons (Fsp3) is 0.0714. The number of esters is 1. The molecule has 0 unspecified atom stereocenters. The van der Waals surface area contributed by atoms with Crippen molar-refractivity contribution in [3.05, 3.63) is 53.8 Å². The van der Waals surface area contributed by atoms with Crippen LogP contribution in [0.1, 0.15) is 10.4 Å². The zero-order valence-electron chi connectivity index (χ0n) is 10.2. The number of benzene rings is 2. The minimum Gasteiger partial charge on any atom is -0.465 e. The van der Waals surface area contributed by atoms with Gasteiger partial charge in [-0.2, -0.15) is 0 Å². The highest BCUT2D eigenvalue weighted by atomic mass is 35.5. The van der Waals surface area contributed by atoms with Crippen molar-refractivity contribution in [2.24, 2.45) is 0 Å². The van der Waals surface area contributed by atoms with Crippen LogP contribution in [-0.4, -0.2) is 13.1 Å². The van der Waals surface area contributed by atoms with Crippen molar-refractivity contribution in [2.45, 2.75) is 0 Å². The molecule has 0 saturated carbocycles. The Morgan fingerprint density at radius 3 is 2.47 bits per heavy atom. The third-order valence-corrected chi connectivity index (χ3v) is 2.59. The van der Waals surface area contributed by atoms with Crippen LogP contribution in [0.25, 0.3) is 11.1 Å². The molecule has 0 spiro atoms. The Labute approximate surface area is 116 Å². The van der Waals surface area contributed by atoms with Gasteiger partial charge >= 0.3 is 5.97 Å². The Kier molecular flexibility index (Phi) is 4.89. The average molecular weight is 282 g/mol. The second-order valence-electron chi connectivity index (χ2n) is 3.81. The van der Waals surface area contributed by atoms with E-state index in [0.29, 0.717) is 11.3 Å². The Balaban J connectivity index is 0.00000180. The maximum atomic E-state index is 13.5. The van der Waals surface area contributed by atoms with E-state index >= 15 is 0 Å². The first-order valence-corrected chi connectivity index (χ1v) is 5.35. The molecule has 5 heteroatoms. The van der Waals surface area contributed by atoms with E-state index < -0.39 is 11.8 Å². The third kappa shape index (κ3) is 3.23. The summed E-state index contributed by atoms with van der Waals surface area (Å²) in [7, 11) is 1.22. The van der Waals surface area contributed by atoms with Gasteiger partial charge < -0.3 is 10.5 Å². The number of halogens is 2. The molecule has 0 fully saturated rings. The summed E-state index contributed by atoms with van der Waals surface area (Å²) in [6.45, 7) is 0. The second kappa shape index (κ2) is 6.20. The topological polar surface area (TPSA) is 52.3 Å². The molecule has 0 saturated heterocycles. The lowest BCUT2D eigenvalue weighted by molar-refractivity contribution is 0.0595. The van der Waals surface area contributed by atoms with Crippen LogP contribution in [0.3, 0.4) is 0 Å². The number of ether oxygens (including phenoxy) is 1. The molecule has 0 bridgehead atoms. The van der Waals surface area contributed by atoms with Crippen LogP contribution in [0.5, 0.6) is 0 Å². The molecule has 2 aromatic rings. The highest BCUT2D eigenvalue weighted by molar-refractivity contribution is 5.91. The summed E-state index contributed by atoms with van der Waals surface area (Å²) in [6, 6.07) is 11.4. The van der Waals surface area contributed by atoms with Gasteiger partial charge in [0.15, 0.2) is 0 Å². The van der Waals surface area contributed by atoms with E-state index in [0.717, 1.165) is 5.56 Å². The molecule has 2 N–H and O–H groups in total. The van der Waals surface area contributed by atoms with Crippen molar-refractivity contribution in [3.8, 4) is 11.1 Å². The number of anilines is 1. The summed E-state index contributed by atoms with van der Waals surface area (Å²) in [4.78, 5) is 11.4. The van der Waals surface area contributed by atoms with Crippen molar-refractivity contribution in [2.75, 3.05) is 12.8 Å². The van der Waals surface area contributed by atoms with Gasteiger partial charge in [0.25, 0.3) is 0 Å². The zero-order chi connectivity index (χ0) is 13.1. The van der Waals surface area contributed by atoms with E-state index in [-0.39, 0.29) is 18.0 Å². The molecule has 0 aliphatic rings. The zero-order valence-corrected chi connectivity index (χ0v) is 11.0. The van der Waals surface area contributed by atoms with E-state index in [1.165, 1.54) is 19.2 Å². The van der Waals surface area contributed by atoms with Crippen LogP contribution in [0, 0.1) is 5.82 Å². The molecular formula is C14H13ClFNO2. The molecule has 0 amide bonds. The van der Waals surface area contributed by atoms with Gasteiger partial charge in [0.1, 0.15) is 5.82 Å². The van der Waals surface area contributed by atoms with Gasteiger partial charge in [-0.25, -0.2) is 9.18 Å². The maximum absolute atomic E-state index is 13.5. The van der Waals surface area contributed by atoms with Crippen molar-refractivity contribution in [3.63, 3.8) is 0 Å². The van der Waals surface area contributed by atoms with E-state index in [2.05, 4.69) is 4.74 Å². The fourth-order valence-corrected chi connectivity index (χ4v) is 1.69. The average Bonchev–Trinajstić information content (AvgIpc) is 2.38. The first kappa shape index (κ1) is 15.0. The monoisotopic (exact) mass is 281 g/mol. The Bertz CT molecular complexity index is 602. The van der Waals surface area contributed by atoms with Crippen molar-refractivity contribution in [1.29, 1.82) is 0 Å². The summed E-state index contributed by atoms with van der Waals surface area (Å²) < 4.78 is 18.0. The summed E-state index contributed by atoms with van der Waals surface area (Å²) in [5, 5.41) is 0. The first-order chi connectivity index (χ1) is 8.61.